The lowest BCUT2D eigenvalue weighted by atomic mass is 10.1. The largest absolute Gasteiger partial charge is 0.351 e. The van der Waals surface area contributed by atoms with Gasteiger partial charge in [0.25, 0.3) is 5.91 Å². The normalized spacial score (nSPS) is 18.4. The van der Waals surface area contributed by atoms with E-state index in [0.29, 0.717) is 11.4 Å². The van der Waals surface area contributed by atoms with Crippen molar-refractivity contribution in [1.29, 1.82) is 0 Å². The van der Waals surface area contributed by atoms with Crippen molar-refractivity contribution in [1.82, 2.24) is 10.2 Å². The summed E-state index contributed by atoms with van der Waals surface area (Å²) in [5.74, 6) is 0.243. The first-order valence-corrected chi connectivity index (χ1v) is 9.87. The lowest BCUT2D eigenvalue weighted by Crippen LogP contribution is -2.33. The van der Waals surface area contributed by atoms with Gasteiger partial charge in [0.05, 0.1) is 9.88 Å². The number of thiophene rings is 1. The Balaban J connectivity index is 1.42. The number of aryl methyl sites for hydroxylation is 1. The second kappa shape index (κ2) is 8.12. The Morgan fingerprint density at radius 2 is 2.00 bits per heavy atom. The molecule has 132 valence electrons. The van der Waals surface area contributed by atoms with Crippen LogP contribution in [0.2, 0.25) is 0 Å². The Bertz CT molecular complexity index is 589. The zero-order chi connectivity index (χ0) is 16.9. The highest BCUT2D eigenvalue weighted by Gasteiger charge is 2.30. The van der Waals surface area contributed by atoms with Crippen LogP contribution in [0.4, 0.5) is 5.00 Å². The minimum Gasteiger partial charge on any atom is -0.351 e. The summed E-state index contributed by atoms with van der Waals surface area (Å²) >= 11 is 1.37. The molecule has 6 heteroatoms. The molecule has 1 aliphatic carbocycles. The Labute approximate surface area is 147 Å². The minimum absolute atomic E-state index is 0.0249. The predicted molar refractivity (Wildman–Crippen MR) is 97.7 cm³/mol. The molecule has 24 heavy (non-hydrogen) atoms. The van der Waals surface area contributed by atoms with E-state index in [-0.39, 0.29) is 17.7 Å². The molecule has 0 bridgehead atoms. The van der Waals surface area contributed by atoms with Gasteiger partial charge in [0, 0.05) is 12.5 Å². The summed E-state index contributed by atoms with van der Waals surface area (Å²) in [6.45, 7) is 6.08. The van der Waals surface area contributed by atoms with E-state index in [1.54, 1.807) is 0 Å². The van der Waals surface area contributed by atoms with Crippen molar-refractivity contribution in [2.45, 2.75) is 45.4 Å². The van der Waals surface area contributed by atoms with Gasteiger partial charge in [-0.15, -0.1) is 11.3 Å². The van der Waals surface area contributed by atoms with Gasteiger partial charge in [-0.25, -0.2) is 0 Å². The van der Waals surface area contributed by atoms with Crippen LogP contribution in [0, 0.1) is 12.8 Å². The SMILES string of the molecule is Cc1cc(NC(=O)C2CC2)sc1C(=O)NCCCN1CCCCC1. The maximum absolute atomic E-state index is 12.3. The van der Waals surface area contributed by atoms with Gasteiger partial charge in [0.15, 0.2) is 0 Å². The van der Waals surface area contributed by atoms with Crippen molar-refractivity contribution in [2.24, 2.45) is 5.92 Å². The number of amides is 2. The Morgan fingerprint density at radius 1 is 1.25 bits per heavy atom. The number of piperidine rings is 1. The molecule has 1 aromatic rings. The van der Waals surface area contributed by atoms with Crippen LogP contribution in [0.5, 0.6) is 0 Å². The summed E-state index contributed by atoms with van der Waals surface area (Å²) in [5, 5.41) is 6.72. The fourth-order valence-electron chi connectivity index (χ4n) is 3.11. The Kier molecular flexibility index (Phi) is 5.89. The first-order valence-electron chi connectivity index (χ1n) is 9.05. The van der Waals surface area contributed by atoms with Crippen molar-refractivity contribution in [3.8, 4) is 0 Å². The summed E-state index contributed by atoms with van der Waals surface area (Å²) in [5.41, 5.74) is 0.930. The molecule has 1 aliphatic heterocycles. The van der Waals surface area contributed by atoms with E-state index >= 15 is 0 Å². The Morgan fingerprint density at radius 3 is 2.71 bits per heavy atom. The van der Waals surface area contributed by atoms with Crippen LogP contribution >= 0.6 is 11.3 Å². The summed E-state index contributed by atoms with van der Waals surface area (Å²) in [6.07, 6.45) is 6.92. The molecule has 0 radical (unpaired) electrons. The van der Waals surface area contributed by atoms with Crippen LogP contribution in [-0.4, -0.2) is 42.9 Å². The summed E-state index contributed by atoms with van der Waals surface area (Å²) < 4.78 is 0. The molecule has 2 aliphatic rings. The number of likely N-dealkylation sites (tertiary alicyclic amines) is 1. The molecule has 5 nitrogen and oxygen atoms in total. The first-order chi connectivity index (χ1) is 11.6. The summed E-state index contributed by atoms with van der Waals surface area (Å²) in [6, 6.07) is 1.90. The van der Waals surface area contributed by atoms with Gasteiger partial charge in [-0.2, -0.15) is 0 Å². The molecule has 0 unspecified atom stereocenters. The molecule has 3 rings (SSSR count). The average molecular weight is 350 g/mol. The van der Waals surface area contributed by atoms with Crippen LogP contribution in [0.15, 0.2) is 6.07 Å². The minimum atomic E-state index is -0.0249. The van der Waals surface area contributed by atoms with Gasteiger partial charge in [0.2, 0.25) is 5.91 Å². The maximum atomic E-state index is 12.3. The van der Waals surface area contributed by atoms with E-state index in [0.717, 1.165) is 36.4 Å². The zero-order valence-corrected chi connectivity index (χ0v) is 15.2. The van der Waals surface area contributed by atoms with Gasteiger partial charge in [-0.1, -0.05) is 6.42 Å². The lowest BCUT2D eigenvalue weighted by Gasteiger charge is -2.26. The zero-order valence-electron chi connectivity index (χ0n) is 14.4. The quantitative estimate of drug-likeness (QED) is 0.744. The van der Waals surface area contributed by atoms with Crippen LogP contribution in [0.1, 0.15) is 53.8 Å². The molecule has 2 amide bonds. The number of carbonyl (C=O) groups excluding carboxylic acids is 2. The third-order valence-corrected chi connectivity index (χ3v) is 5.86. The number of carbonyl (C=O) groups is 2. The number of nitrogens with zero attached hydrogens (tertiary/aromatic N) is 1. The average Bonchev–Trinajstić information content (AvgIpc) is 3.36. The molecular weight excluding hydrogens is 322 g/mol. The fourth-order valence-corrected chi connectivity index (χ4v) is 4.10. The van der Waals surface area contributed by atoms with Crippen LogP contribution < -0.4 is 10.6 Å². The molecule has 1 saturated heterocycles. The van der Waals surface area contributed by atoms with Crippen molar-refractivity contribution in [2.75, 3.05) is 31.5 Å². The Hall–Kier alpha value is -1.40. The fraction of sp³-hybridized carbons (Fsp3) is 0.667. The number of anilines is 1. The van der Waals surface area contributed by atoms with Crippen molar-refractivity contribution in [3.63, 3.8) is 0 Å². The number of rotatable bonds is 7. The number of hydrogen-bond donors (Lipinski definition) is 2. The second-order valence-corrected chi connectivity index (χ2v) is 7.95. The highest BCUT2D eigenvalue weighted by Crippen LogP contribution is 2.32. The monoisotopic (exact) mass is 349 g/mol. The van der Waals surface area contributed by atoms with E-state index in [9.17, 15) is 9.59 Å². The van der Waals surface area contributed by atoms with Gasteiger partial charge < -0.3 is 15.5 Å². The van der Waals surface area contributed by atoms with Crippen LogP contribution in [0.25, 0.3) is 0 Å². The van der Waals surface area contributed by atoms with Crippen molar-refractivity contribution >= 4 is 28.2 Å². The molecule has 2 heterocycles. The maximum Gasteiger partial charge on any atom is 0.261 e. The molecule has 0 spiro atoms. The molecular formula is C18H27N3O2S. The number of hydrogen-bond acceptors (Lipinski definition) is 4. The molecule has 2 fully saturated rings. The molecule has 1 aromatic heterocycles. The smallest absolute Gasteiger partial charge is 0.261 e. The molecule has 0 aromatic carbocycles. The van der Waals surface area contributed by atoms with E-state index in [4.69, 9.17) is 0 Å². The first kappa shape index (κ1) is 17.4. The molecule has 1 saturated carbocycles. The van der Waals surface area contributed by atoms with Crippen molar-refractivity contribution < 1.29 is 9.59 Å². The second-order valence-electron chi connectivity index (χ2n) is 6.90. The highest BCUT2D eigenvalue weighted by atomic mass is 32.1. The van der Waals surface area contributed by atoms with E-state index < -0.39 is 0 Å². The molecule has 0 atom stereocenters. The number of nitrogens with one attached hydrogen (secondary N) is 2. The summed E-state index contributed by atoms with van der Waals surface area (Å²) in [4.78, 5) is 27.3. The predicted octanol–water partition coefficient (Wildman–Crippen LogP) is 3.01. The molecule has 2 N–H and O–H groups in total. The highest BCUT2D eigenvalue weighted by molar-refractivity contribution is 7.18. The standard InChI is InChI=1S/C18H27N3O2S/c1-13-12-15(20-17(22)14-6-7-14)24-16(13)18(23)19-8-5-11-21-9-3-2-4-10-21/h12,14H,2-11H2,1H3,(H,19,23)(H,20,22). The van der Waals surface area contributed by atoms with Gasteiger partial charge >= 0.3 is 0 Å². The van der Waals surface area contributed by atoms with Crippen molar-refractivity contribution in [3.05, 3.63) is 16.5 Å². The third kappa shape index (κ3) is 4.80. The van der Waals surface area contributed by atoms with Crippen LogP contribution in [0.3, 0.4) is 0 Å². The topological polar surface area (TPSA) is 61.4 Å². The van der Waals surface area contributed by atoms with E-state index in [1.165, 1.54) is 43.7 Å². The lowest BCUT2D eigenvalue weighted by molar-refractivity contribution is -0.117. The third-order valence-electron chi connectivity index (χ3n) is 4.70. The summed E-state index contributed by atoms with van der Waals surface area (Å²) in [7, 11) is 0. The van der Waals surface area contributed by atoms with E-state index in [2.05, 4.69) is 15.5 Å². The van der Waals surface area contributed by atoms with Gasteiger partial charge in [0.1, 0.15) is 0 Å². The van der Waals surface area contributed by atoms with Crippen LogP contribution in [-0.2, 0) is 4.79 Å². The van der Waals surface area contributed by atoms with E-state index in [1.807, 2.05) is 13.0 Å². The van der Waals surface area contributed by atoms with Gasteiger partial charge in [-0.3, -0.25) is 9.59 Å². The van der Waals surface area contributed by atoms with Gasteiger partial charge in [-0.05, 0) is 70.3 Å².